The molecule has 8 heteroatoms. The molecule has 3 aliphatic rings. The highest BCUT2D eigenvalue weighted by Gasteiger charge is 2.43. The molecule has 0 aromatic heterocycles. The van der Waals surface area contributed by atoms with Crippen molar-refractivity contribution in [2.24, 2.45) is 5.92 Å². The van der Waals surface area contributed by atoms with E-state index in [1.165, 1.54) is 13.2 Å². The molecular weight excluding hydrogens is 383 g/mol. The van der Waals surface area contributed by atoms with Crippen LogP contribution in [0.25, 0.3) is 0 Å². The molecule has 0 unspecified atom stereocenters. The molecule has 1 saturated carbocycles. The number of esters is 1. The van der Waals surface area contributed by atoms with E-state index in [-0.39, 0.29) is 27.6 Å². The molecule has 1 atom stereocenters. The van der Waals surface area contributed by atoms with Crippen molar-refractivity contribution >= 4 is 29.2 Å². The minimum Gasteiger partial charge on any atom is -0.484 e. The molecular formula is C18H20Cl2O6. The molecule has 0 radical (unpaired) electrons. The maximum atomic E-state index is 11.9. The van der Waals surface area contributed by atoms with Gasteiger partial charge in [-0.3, -0.25) is 0 Å². The van der Waals surface area contributed by atoms with Crippen molar-refractivity contribution in [3.05, 3.63) is 21.7 Å². The first-order valence-electron chi connectivity index (χ1n) is 8.71. The van der Waals surface area contributed by atoms with Crippen molar-refractivity contribution < 1.29 is 28.5 Å². The Morgan fingerprint density at radius 2 is 1.88 bits per heavy atom. The van der Waals surface area contributed by atoms with Gasteiger partial charge in [0.25, 0.3) is 0 Å². The van der Waals surface area contributed by atoms with Crippen LogP contribution in [-0.4, -0.2) is 44.8 Å². The minimum absolute atomic E-state index is 0.163. The Labute approximate surface area is 161 Å². The quantitative estimate of drug-likeness (QED) is 0.699. The lowest BCUT2D eigenvalue weighted by Gasteiger charge is -2.40. The summed E-state index contributed by atoms with van der Waals surface area (Å²) in [6.07, 6.45) is 3.32. The number of carbonyl (C=O) groups is 1. The third-order valence-corrected chi connectivity index (χ3v) is 5.98. The van der Waals surface area contributed by atoms with Crippen LogP contribution in [0.4, 0.5) is 0 Å². The van der Waals surface area contributed by atoms with Crippen molar-refractivity contribution in [2.75, 3.05) is 26.9 Å². The van der Waals surface area contributed by atoms with Crippen molar-refractivity contribution in [3.8, 4) is 11.5 Å². The van der Waals surface area contributed by atoms with E-state index < -0.39 is 11.8 Å². The zero-order valence-corrected chi connectivity index (χ0v) is 15.9. The third-order valence-electron chi connectivity index (χ3n) is 5.33. The molecule has 1 aliphatic carbocycles. The van der Waals surface area contributed by atoms with E-state index in [0.717, 1.165) is 25.7 Å². The van der Waals surface area contributed by atoms with E-state index in [1.54, 1.807) is 0 Å². The molecule has 2 fully saturated rings. The van der Waals surface area contributed by atoms with Gasteiger partial charge in [-0.05, 0) is 24.8 Å². The first-order chi connectivity index (χ1) is 12.5. The molecule has 2 aliphatic heterocycles. The first kappa shape index (κ1) is 18.2. The van der Waals surface area contributed by atoms with E-state index in [2.05, 4.69) is 0 Å². The van der Waals surface area contributed by atoms with E-state index in [0.29, 0.717) is 31.3 Å². The Morgan fingerprint density at radius 1 is 1.19 bits per heavy atom. The van der Waals surface area contributed by atoms with Gasteiger partial charge in [0.05, 0.1) is 30.9 Å². The van der Waals surface area contributed by atoms with Gasteiger partial charge in [-0.2, -0.15) is 0 Å². The van der Waals surface area contributed by atoms with Gasteiger partial charge in [-0.1, -0.05) is 23.2 Å². The molecule has 142 valence electrons. The van der Waals surface area contributed by atoms with Crippen molar-refractivity contribution in [3.63, 3.8) is 0 Å². The summed E-state index contributed by atoms with van der Waals surface area (Å²) in [5, 5.41) is 0.439. The van der Waals surface area contributed by atoms with Gasteiger partial charge in [-0.25, -0.2) is 4.79 Å². The number of ether oxygens (including phenoxy) is 5. The van der Waals surface area contributed by atoms with Crippen LogP contribution in [0.1, 0.15) is 36.0 Å². The maximum absolute atomic E-state index is 11.9. The summed E-state index contributed by atoms with van der Waals surface area (Å²) in [7, 11) is 1.29. The fourth-order valence-electron chi connectivity index (χ4n) is 3.90. The van der Waals surface area contributed by atoms with Gasteiger partial charge in [0, 0.05) is 12.8 Å². The third kappa shape index (κ3) is 3.13. The molecule has 4 rings (SSSR count). The van der Waals surface area contributed by atoms with Crippen LogP contribution < -0.4 is 9.47 Å². The van der Waals surface area contributed by atoms with E-state index in [4.69, 9.17) is 46.9 Å². The van der Waals surface area contributed by atoms with Gasteiger partial charge in [0.1, 0.15) is 17.7 Å². The zero-order valence-electron chi connectivity index (χ0n) is 14.4. The molecule has 6 nitrogen and oxygen atoms in total. The average molecular weight is 403 g/mol. The van der Waals surface area contributed by atoms with Crippen LogP contribution in [0.5, 0.6) is 11.5 Å². The summed E-state index contributed by atoms with van der Waals surface area (Å²) in [5.41, 5.74) is 0.164. The number of rotatable bonds is 2. The number of benzene rings is 1. The molecule has 1 aromatic carbocycles. The molecule has 1 aromatic rings. The summed E-state index contributed by atoms with van der Waals surface area (Å²) in [6.45, 7) is 1.71. The lowest BCUT2D eigenvalue weighted by atomic mass is 9.81. The number of fused-ring (bicyclic) bond motifs is 1. The number of methoxy groups -OCH3 is 1. The smallest absolute Gasteiger partial charge is 0.339 e. The largest absolute Gasteiger partial charge is 0.484 e. The molecule has 26 heavy (non-hydrogen) atoms. The van der Waals surface area contributed by atoms with Crippen molar-refractivity contribution in [1.82, 2.24) is 0 Å². The number of halogens is 2. The number of hydrogen-bond acceptors (Lipinski definition) is 6. The topological polar surface area (TPSA) is 63.2 Å². The Kier molecular flexibility index (Phi) is 4.94. The van der Waals surface area contributed by atoms with Crippen LogP contribution in [0, 0.1) is 5.92 Å². The highest BCUT2D eigenvalue weighted by molar-refractivity contribution is 6.38. The minimum atomic E-state index is -0.569. The van der Waals surface area contributed by atoms with Crippen LogP contribution in [0.3, 0.4) is 0 Å². The molecule has 0 bridgehead atoms. The standard InChI is InChI=1S/C18H20Cl2O6/c1-22-17(21)11-8-12(19)15-16(14(11)20)26-13(9-23-15)10-2-4-18(5-3-10)24-6-7-25-18/h8,10,13H,2-7,9H2,1H3/t13-/m0/s1. The summed E-state index contributed by atoms with van der Waals surface area (Å²) in [5.74, 6) is -0.0123. The predicted octanol–water partition coefficient (Wildman–Crippen LogP) is 3.85. The van der Waals surface area contributed by atoms with Crippen LogP contribution in [-0.2, 0) is 14.2 Å². The fourth-order valence-corrected chi connectivity index (χ4v) is 4.42. The second kappa shape index (κ2) is 7.08. The molecule has 1 saturated heterocycles. The Bertz CT molecular complexity index is 706. The van der Waals surface area contributed by atoms with Gasteiger partial charge < -0.3 is 23.7 Å². The van der Waals surface area contributed by atoms with Crippen LogP contribution in [0.2, 0.25) is 10.0 Å². The number of carbonyl (C=O) groups excluding carboxylic acids is 1. The van der Waals surface area contributed by atoms with Gasteiger partial charge in [-0.15, -0.1) is 0 Å². The van der Waals surface area contributed by atoms with Gasteiger partial charge in [0.15, 0.2) is 17.3 Å². The summed E-state index contributed by atoms with van der Waals surface area (Å²) in [6, 6.07) is 1.44. The summed E-state index contributed by atoms with van der Waals surface area (Å²) in [4.78, 5) is 11.9. The Balaban J connectivity index is 1.52. The lowest BCUT2D eigenvalue weighted by Crippen LogP contribution is -2.43. The molecule has 0 N–H and O–H groups in total. The van der Waals surface area contributed by atoms with Crippen LogP contribution >= 0.6 is 23.2 Å². The molecule has 2 heterocycles. The summed E-state index contributed by atoms with van der Waals surface area (Å²) >= 11 is 12.6. The second-order valence-electron chi connectivity index (χ2n) is 6.78. The fraction of sp³-hybridized carbons (Fsp3) is 0.611. The summed E-state index contributed by atoms with van der Waals surface area (Å²) < 4.78 is 28.3. The zero-order chi connectivity index (χ0) is 18.3. The molecule has 1 spiro atoms. The Morgan fingerprint density at radius 3 is 2.54 bits per heavy atom. The van der Waals surface area contributed by atoms with E-state index >= 15 is 0 Å². The number of hydrogen-bond donors (Lipinski definition) is 0. The SMILES string of the molecule is COC(=O)c1cc(Cl)c2c(c1Cl)O[C@H](C1CCC3(CC1)OCCO3)CO2. The maximum Gasteiger partial charge on any atom is 0.339 e. The van der Waals surface area contributed by atoms with Crippen molar-refractivity contribution in [1.29, 1.82) is 0 Å². The Hall–Kier alpha value is -1.21. The average Bonchev–Trinajstić information content (AvgIpc) is 3.12. The van der Waals surface area contributed by atoms with Gasteiger partial charge in [0.2, 0.25) is 0 Å². The highest BCUT2D eigenvalue weighted by Crippen LogP contribution is 2.48. The predicted molar refractivity (Wildman–Crippen MR) is 94.3 cm³/mol. The lowest BCUT2D eigenvalue weighted by molar-refractivity contribution is -0.187. The van der Waals surface area contributed by atoms with E-state index in [1.807, 2.05) is 0 Å². The normalized spacial score (nSPS) is 24.7. The van der Waals surface area contributed by atoms with Crippen LogP contribution in [0.15, 0.2) is 6.07 Å². The molecule has 0 amide bonds. The van der Waals surface area contributed by atoms with E-state index in [9.17, 15) is 4.79 Å². The highest BCUT2D eigenvalue weighted by atomic mass is 35.5. The second-order valence-corrected chi connectivity index (χ2v) is 7.57. The monoisotopic (exact) mass is 402 g/mol. The van der Waals surface area contributed by atoms with Crippen molar-refractivity contribution in [2.45, 2.75) is 37.6 Å². The first-order valence-corrected chi connectivity index (χ1v) is 9.46. The van der Waals surface area contributed by atoms with Gasteiger partial charge >= 0.3 is 5.97 Å².